The van der Waals surface area contributed by atoms with Crippen molar-refractivity contribution < 1.29 is 17.9 Å². The van der Waals surface area contributed by atoms with E-state index in [9.17, 15) is 13.2 Å². The van der Waals surface area contributed by atoms with E-state index < -0.39 is 10.0 Å². The zero-order chi connectivity index (χ0) is 20.7. The number of ether oxygens (including phenoxy) is 1. The standard InChI is InChI=1S/C20H19N5O4S/c26-20(15-5-14-8-23-24-19(14)21-7-15)22-6-13-1-3-18(4-2-13)30(27,28)25-9-16-11-29-12-17(16)10-25/h1-5,7-9,17H,6,10-12H2,(H,22,26)(H,21,23,24). The number of nitrogens with zero attached hydrogens (tertiary/aromatic N) is 3. The molecule has 4 heterocycles. The van der Waals surface area contributed by atoms with Crippen LogP contribution in [0.3, 0.4) is 0 Å². The van der Waals surface area contributed by atoms with Gasteiger partial charge in [0.1, 0.15) is 0 Å². The van der Waals surface area contributed by atoms with E-state index in [2.05, 4.69) is 20.5 Å². The van der Waals surface area contributed by atoms with Crippen molar-refractivity contribution in [3.8, 4) is 0 Å². The Morgan fingerprint density at radius 3 is 2.90 bits per heavy atom. The second-order valence-corrected chi connectivity index (χ2v) is 9.24. The first kappa shape index (κ1) is 18.8. The van der Waals surface area contributed by atoms with Crippen LogP contribution in [-0.4, -0.2) is 53.6 Å². The van der Waals surface area contributed by atoms with Gasteiger partial charge in [0.15, 0.2) is 5.65 Å². The van der Waals surface area contributed by atoms with Gasteiger partial charge in [0, 0.05) is 36.8 Å². The smallest absolute Gasteiger partial charge is 0.263 e. The molecule has 0 aliphatic carbocycles. The molecule has 1 amide bonds. The third-order valence-electron chi connectivity index (χ3n) is 5.36. The first-order valence-electron chi connectivity index (χ1n) is 9.47. The highest BCUT2D eigenvalue weighted by atomic mass is 32.2. The van der Waals surface area contributed by atoms with Gasteiger partial charge in [0.25, 0.3) is 15.9 Å². The van der Waals surface area contributed by atoms with Gasteiger partial charge in [-0.1, -0.05) is 12.1 Å². The largest absolute Gasteiger partial charge is 0.376 e. The molecule has 2 aromatic heterocycles. The van der Waals surface area contributed by atoms with Crippen LogP contribution in [0.2, 0.25) is 0 Å². The highest BCUT2D eigenvalue weighted by Crippen LogP contribution is 2.31. The molecule has 0 spiro atoms. The van der Waals surface area contributed by atoms with Gasteiger partial charge < -0.3 is 10.1 Å². The van der Waals surface area contributed by atoms with E-state index >= 15 is 0 Å². The molecule has 10 heteroatoms. The molecule has 3 aromatic rings. The molecule has 2 aliphatic rings. The van der Waals surface area contributed by atoms with Gasteiger partial charge in [-0.25, -0.2) is 13.4 Å². The normalized spacial score (nSPS) is 18.5. The molecule has 1 atom stereocenters. The summed E-state index contributed by atoms with van der Waals surface area (Å²) < 4.78 is 32.5. The Kier molecular flexibility index (Phi) is 4.52. The molecular weight excluding hydrogens is 406 g/mol. The number of H-pyrrole nitrogens is 1. The average molecular weight is 425 g/mol. The molecule has 1 fully saturated rings. The number of carbonyl (C=O) groups excluding carboxylic acids is 1. The van der Waals surface area contributed by atoms with Crippen molar-refractivity contribution in [3.05, 3.63) is 65.6 Å². The van der Waals surface area contributed by atoms with Gasteiger partial charge in [0.05, 0.1) is 29.9 Å². The van der Waals surface area contributed by atoms with Crippen LogP contribution < -0.4 is 5.32 Å². The number of nitrogens with one attached hydrogen (secondary N) is 2. The Balaban J connectivity index is 1.25. The van der Waals surface area contributed by atoms with Gasteiger partial charge in [-0.2, -0.15) is 5.10 Å². The van der Waals surface area contributed by atoms with Crippen molar-refractivity contribution >= 4 is 27.0 Å². The maximum absolute atomic E-state index is 12.9. The van der Waals surface area contributed by atoms with E-state index in [1.807, 2.05) is 0 Å². The van der Waals surface area contributed by atoms with Crippen molar-refractivity contribution in [1.29, 1.82) is 0 Å². The number of fused-ring (bicyclic) bond motifs is 2. The molecule has 30 heavy (non-hydrogen) atoms. The van der Waals surface area contributed by atoms with Crippen LogP contribution in [0.25, 0.3) is 11.0 Å². The lowest BCUT2D eigenvalue weighted by Crippen LogP contribution is -2.27. The van der Waals surface area contributed by atoms with Crippen molar-refractivity contribution in [2.45, 2.75) is 11.4 Å². The van der Waals surface area contributed by atoms with Crippen LogP contribution >= 0.6 is 0 Å². The summed E-state index contributed by atoms with van der Waals surface area (Å²) in [7, 11) is -3.59. The number of pyridine rings is 1. The highest BCUT2D eigenvalue weighted by molar-refractivity contribution is 7.89. The molecule has 0 saturated carbocycles. The monoisotopic (exact) mass is 425 g/mol. The predicted molar refractivity (Wildman–Crippen MR) is 108 cm³/mol. The summed E-state index contributed by atoms with van der Waals surface area (Å²) in [6.07, 6.45) is 4.78. The molecule has 2 aliphatic heterocycles. The first-order valence-corrected chi connectivity index (χ1v) is 10.9. The predicted octanol–water partition coefficient (Wildman–Crippen LogP) is 1.42. The molecule has 1 saturated heterocycles. The lowest BCUT2D eigenvalue weighted by atomic mass is 10.1. The number of carbonyl (C=O) groups is 1. The molecule has 0 bridgehead atoms. The Bertz CT molecular complexity index is 1250. The van der Waals surface area contributed by atoms with Gasteiger partial charge in [0.2, 0.25) is 0 Å². The van der Waals surface area contributed by atoms with Crippen molar-refractivity contribution in [2.24, 2.45) is 5.92 Å². The summed E-state index contributed by atoms with van der Waals surface area (Å²) in [4.78, 5) is 16.8. The summed E-state index contributed by atoms with van der Waals surface area (Å²) in [6.45, 7) is 1.76. The molecule has 1 aromatic carbocycles. The minimum atomic E-state index is -3.59. The molecule has 0 radical (unpaired) electrons. The van der Waals surface area contributed by atoms with Crippen LogP contribution in [0.5, 0.6) is 0 Å². The van der Waals surface area contributed by atoms with E-state index in [-0.39, 0.29) is 23.3 Å². The van der Waals surface area contributed by atoms with E-state index in [1.165, 1.54) is 10.5 Å². The van der Waals surface area contributed by atoms with Crippen molar-refractivity contribution in [1.82, 2.24) is 24.8 Å². The van der Waals surface area contributed by atoms with E-state index in [0.717, 1.165) is 16.5 Å². The zero-order valence-electron chi connectivity index (χ0n) is 15.9. The molecule has 154 valence electrons. The van der Waals surface area contributed by atoms with Crippen LogP contribution in [0.15, 0.2) is 59.4 Å². The number of sulfonamides is 1. The maximum atomic E-state index is 12.9. The van der Waals surface area contributed by atoms with E-state index in [0.29, 0.717) is 31.0 Å². The van der Waals surface area contributed by atoms with Gasteiger partial charge in [-0.15, -0.1) is 0 Å². The summed E-state index contributed by atoms with van der Waals surface area (Å²) in [5.41, 5.74) is 2.87. The van der Waals surface area contributed by atoms with E-state index in [1.54, 1.807) is 42.7 Å². The first-order chi connectivity index (χ1) is 14.5. The Morgan fingerprint density at radius 2 is 2.10 bits per heavy atom. The minimum Gasteiger partial charge on any atom is -0.376 e. The zero-order valence-corrected chi connectivity index (χ0v) is 16.7. The van der Waals surface area contributed by atoms with Crippen LogP contribution in [-0.2, 0) is 21.3 Å². The summed E-state index contributed by atoms with van der Waals surface area (Å²) in [5.74, 6) is -0.107. The number of benzene rings is 1. The minimum absolute atomic E-state index is 0.157. The van der Waals surface area contributed by atoms with Crippen LogP contribution in [0.1, 0.15) is 15.9 Å². The quantitative estimate of drug-likeness (QED) is 0.639. The van der Waals surface area contributed by atoms with Gasteiger partial charge in [-0.3, -0.25) is 14.2 Å². The second kappa shape index (κ2) is 7.22. The fourth-order valence-electron chi connectivity index (χ4n) is 3.64. The Labute approximate surface area is 172 Å². The lowest BCUT2D eigenvalue weighted by molar-refractivity contribution is 0.0950. The molecule has 9 nitrogen and oxygen atoms in total. The molecule has 5 rings (SSSR count). The topological polar surface area (TPSA) is 117 Å². The molecule has 1 unspecified atom stereocenters. The van der Waals surface area contributed by atoms with Gasteiger partial charge in [-0.05, 0) is 29.3 Å². The fourth-order valence-corrected chi connectivity index (χ4v) is 5.04. The highest BCUT2D eigenvalue weighted by Gasteiger charge is 2.35. The maximum Gasteiger partial charge on any atom is 0.263 e. The van der Waals surface area contributed by atoms with Crippen LogP contribution in [0.4, 0.5) is 0 Å². The Hall–Kier alpha value is -3.24. The number of rotatable bonds is 5. The number of hydrogen-bond acceptors (Lipinski definition) is 6. The molecular formula is C20H19N5O4S. The average Bonchev–Trinajstić information content (AvgIpc) is 3.47. The number of amides is 1. The second-order valence-electron chi connectivity index (χ2n) is 7.35. The van der Waals surface area contributed by atoms with Crippen LogP contribution in [0, 0.1) is 5.92 Å². The fraction of sp³-hybridized carbons (Fsp3) is 0.250. The Morgan fingerprint density at radius 1 is 1.27 bits per heavy atom. The lowest BCUT2D eigenvalue weighted by Gasteiger charge is -2.18. The number of aromatic nitrogens is 3. The third kappa shape index (κ3) is 3.33. The SMILES string of the molecule is O=C(NCc1ccc(S(=O)(=O)N2C=C3COCC3C2)cc1)c1cnc2[nH]ncc2c1. The number of aromatic amines is 1. The summed E-state index contributed by atoms with van der Waals surface area (Å²) >= 11 is 0. The summed E-state index contributed by atoms with van der Waals surface area (Å²) in [6, 6.07) is 8.26. The van der Waals surface area contributed by atoms with E-state index in [4.69, 9.17) is 4.74 Å². The van der Waals surface area contributed by atoms with Crippen molar-refractivity contribution in [3.63, 3.8) is 0 Å². The molecule has 2 N–H and O–H groups in total. The van der Waals surface area contributed by atoms with Gasteiger partial charge >= 0.3 is 0 Å². The third-order valence-corrected chi connectivity index (χ3v) is 7.10. The number of hydrogen-bond donors (Lipinski definition) is 2. The van der Waals surface area contributed by atoms with Crippen molar-refractivity contribution in [2.75, 3.05) is 19.8 Å². The summed E-state index contributed by atoms with van der Waals surface area (Å²) in [5, 5.41) is 10.2.